The minimum atomic E-state index is 0.192. The monoisotopic (exact) mass is 140 g/mol. The number of ether oxygens (including phenoxy) is 1. The average molecular weight is 140 g/mol. The lowest BCUT2D eigenvalue weighted by Crippen LogP contribution is -2.59. The average Bonchev–Trinajstić information content (AvgIpc) is 2.20. The summed E-state index contributed by atoms with van der Waals surface area (Å²) in [5, 5.41) is 0. The van der Waals surface area contributed by atoms with Gasteiger partial charge in [0.25, 0.3) is 0 Å². The molecule has 1 saturated carbocycles. The molecule has 3 aliphatic rings. The molecule has 0 amide bonds. The summed E-state index contributed by atoms with van der Waals surface area (Å²) in [6.07, 6.45) is 1.82. The van der Waals surface area contributed by atoms with Crippen LogP contribution in [0.5, 0.6) is 0 Å². The van der Waals surface area contributed by atoms with Crippen molar-refractivity contribution < 1.29 is 4.74 Å². The van der Waals surface area contributed by atoms with Crippen molar-refractivity contribution in [2.24, 2.45) is 11.3 Å². The molecule has 0 radical (unpaired) electrons. The highest BCUT2D eigenvalue weighted by atomic mass is 16.5. The van der Waals surface area contributed by atoms with Crippen molar-refractivity contribution in [2.75, 3.05) is 0 Å². The molecular weight excluding hydrogens is 124 g/mol. The molecule has 2 bridgehead atoms. The molecule has 3 rings (SSSR count). The molecule has 3 fully saturated rings. The van der Waals surface area contributed by atoms with Crippen LogP contribution in [0.15, 0.2) is 0 Å². The van der Waals surface area contributed by atoms with Gasteiger partial charge in [0, 0.05) is 5.41 Å². The highest BCUT2D eigenvalue weighted by Gasteiger charge is 2.67. The molecule has 58 valence electrons. The maximum absolute atomic E-state index is 5.77. The fourth-order valence-corrected chi connectivity index (χ4v) is 2.50. The Kier molecular flexibility index (Phi) is 0.949. The maximum Gasteiger partial charge on any atom is 0.0760 e. The predicted molar refractivity (Wildman–Crippen MR) is 40.8 cm³/mol. The van der Waals surface area contributed by atoms with Gasteiger partial charge >= 0.3 is 0 Å². The highest BCUT2D eigenvalue weighted by molar-refractivity contribution is 5.15. The van der Waals surface area contributed by atoms with Crippen molar-refractivity contribution in [1.29, 1.82) is 0 Å². The van der Waals surface area contributed by atoms with E-state index in [4.69, 9.17) is 4.74 Å². The van der Waals surface area contributed by atoms with Crippen LogP contribution in [-0.4, -0.2) is 11.7 Å². The van der Waals surface area contributed by atoms with E-state index in [-0.39, 0.29) is 5.60 Å². The molecule has 10 heavy (non-hydrogen) atoms. The molecule has 0 aromatic carbocycles. The fraction of sp³-hybridized carbons (Fsp3) is 1.00. The third-order valence-corrected chi connectivity index (χ3v) is 3.98. The number of fused-ring (bicyclic) bond motifs is 1. The van der Waals surface area contributed by atoms with Gasteiger partial charge in [0.15, 0.2) is 0 Å². The van der Waals surface area contributed by atoms with Gasteiger partial charge in [-0.1, -0.05) is 20.8 Å². The zero-order chi connectivity index (χ0) is 7.57. The Balaban J connectivity index is 2.34. The lowest BCUT2D eigenvalue weighted by atomic mass is 9.70. The highest BCUT2D eigenvalue weighted by Crippen LogP contribution is 2.62. The second-order valence-electron chi connectivity index (χ2n) is 4.57. The third-order valence-electron chi connectivity index (χ3n) is 3.98. The summed E-state index contributed by atoms with van der Waals surface area (Å²) in [7, 11) is 0. The fourth-order valence-electron chi connectivity index (χ4n) is 2.50. The van der Waals surface area contributed by atoms with Crippen molar-refractivity contribution in [1.82, 2.24) is 0 Å². The van der Waals surface area contributed by atoms with Gasteiger partial charge in [-0.15, -0.1) is 0 Å². The zero-order valence-corrected chi connectivity index (χ0v) is 7.27. The van der Waals surface area contributed by atoms with Crippen molar-refractivity contribution in [3.63, 3.8) is 0 Å². The van der Waals surface area contributed by atoms with Crippen LogP contribution in [0.2, 0.25) is 0 Å². The largest absolute Gasteiger partial charge is 0.370 e. The first kappa shape index (κ1) is 6.66. The second kappa shape index (κ2) is 1.42. The summed E-state index contributed by atoms with van der Waals surface area (Å²) in [5.74, 6) is 0.757. The SMILES string of the molecule is CC1CC2OC1(C)C2(C)C. The van der Waals surface area contributed by atoms with Crippen molar-refractivity contribution in [2.45, 2.75) is 45.8 Å². The van der Waals surface area contributed by atoms with Gasteiger partial charge < -0.3 is 4.74 Å². The first-order valence-electron chi connectivity index (χ1n) is 4.16. The van der Waals surface area contributed by atoms with Crippen LogP contribution in [-0.2, 0) is 4.74 Å². The molecule has 3 atom stereocenters. The van der Waals surface area contributed by atoms with Crippen molar-refractivity contribution in [3.05, 3.63) is 0 Å². The molecule has 0 aromatic rings. The van der Waals surface area contributed by atoms with Gasteiger partial charge in [-0.2, -0.15) is 0 Å². The minimum Gasteiger partial charge on any atom is -0.370 e. The smallest absolute Gasteiger partial charge is 0.0760 e. The molecule has 0 N–H and O–H groups in total. The van der Waals surface area contributed by atoms with E-state index in [2.05, 4.69) is 27.7 Å². The molecule has 0 spiro atoms. The predicted octanol–water partition coefficient (Wildman–Crippen LogP) is 2.21. The van der Waals surface area contributed by atoms with Crippen LogP contribution in [0.4, 0.5) is 0 Å². The van der Waals surface area contributed by atoms with Crippen molar-refractivity contribution >= 4 is 0 Å². The summed E-state index contributed by atoms with van der Waals surface area (Å²) in [6, 6.07) is 0. The van der Waals surface area contributed by atoms with Gasteiger partial charge in [0.05, 0.1) is 11.7 Å². The Morgan fingerprint density at radius 1 is 1.30 bits per heavy atom. The summed E-state index contributed by atoms with van der Waals surface area (Å²) in [6.45, 7) is 9.20. The Labute approximate surface area is 62.8 Å². The Morgan fingerprint density at radius 2 is 1.90 bits per heavy atom. The quantitative estimate of drug-likeness (QED) is 0.501. The molecule has 2 heterocycles. The Hall–Kier alpha value is -0.0400. The van der Waals surface area contributed by atoms with Crippen molar-refractivity contribution in [3.8, 4) is 0 Å². The van der Waals surface area contributed by atoms with Gasteiger partial charge in [-0.05, 0) is 19.3 Å². The van der Waals surface area contributed by atoms with Crippen LogP contribution in [0.3, 0.4) is 0 Å². The van der Waals surface area contributed by atoms with Gasteiger partial charge in [-0.3, -0.25) is 0 Å². The molecule has 0 aromatic heterocycles. The lowest BCUT2D eigenvalue weighted by molar-refractivity contribution is -0.258. The Bertz CT molecular complexity index is 172. The summed E-state index contributed by atoms with van der Waals surface area (Å²) < 4.78 is 5.77. The number of hydrogen-bond donors (Lipinski definition) is 0. The molecule has 2 aliphatic heterocycles. The molecule has 1 aliphatic carbocycles. The summed E-state index contributed by atoms with van der Waals surface area (Å²) >= 11 is 0. The number of hydrogen-bond acceptors (Lipinski definition) is 1. The summed E-state index contributed by atoms with van der Waals surface area (Å²) in [5.41, 5.74) is 0.629. The van der Waals surface area contributed by atoms with E-state index in [0.29, 0.717) is 11.5 Å². The summed E-state index contributed by atoms with van der Waals surface area (Å²) in [4.78, 5) is 0. The molecule has 1 nitrogen and oxygen atoms in total. The second-order valence-corrected chi connectivity index (χ2v) is 4.57. The van der Waals surface area contributed by atoms with E-state index >= 15 is 0 Å². The van der Waals surface area contributed by atoms with Crippen LogP contribution in [0.1, 0.15) is 34.1 Å². The lowest BCUT2D eigenvalue weighted by Gasteiger charge is -2.53. The first-order valence-corrected chi connectivity index (χ1v) is 4.16. The van der Waals surface area contributed by atoms with Crippen LogP contribution in [0.25, 0.3) is 0 Å². The number of rotatable bonds is 0. The van der Waals surface area contributed by atoms with Crippen LogP contribution < -0.4 is 0 Å². The third kappa shape index (κ3) is 0.430. The topological polar surface area (TPSA) is 9.23 Å². The van der Waals surface area contributed by atoms with Crippen LogP contribution in [0, 0.1) is 11.3 Å². The van der Waals surface area contributed by atoms with Gasteiger partial charge in [0.2, 0.25) is 0 Å². The van der Waals surface area contributed by atoms with E-state index in [1.807, 2.05) is 0 Å². The molecule has 1 heteroatoms. The normalized spacial score (nSPS) is 56.4. The van der Waals surface area contributed by atoms with Gasteiger partial charge in [-0.25, -0.2) is 0 Å². The van der Waals surface area contributed by atoms with E-state index in [1.54, 1.807) is 0 Å². The van der Waals surface area contributed by atoms with E-state index in [1.165, 1.54) is 6.42 Å². The van der Waals surface area contributed by atoms with E-state index in [0.717, 1.165) is 5.92 Å². The van der Waals surface area contributed by atoms with Gasteiger partial charge in [0.1, 0.15) is 0 Å². The molecule has 3 unspecified atom stereocenters. The van der Waals surface area contributed by atoms with Crippen LogP contribution >= 0.6 is 0 Å². The minimum absolute atomic E-state index is 0.192. The van der Waals surface area contributed by atoms with E-state index in [9.17, 15) is 0 Å². The molecular formula is C9H16O. The Morgan fingerprint density at radius 3 is 2.00 bits per heavy atom. The first-order chi connectivity index (χ1) is 4.48. The zero-order valence-electron chi connectivity index (χ0n) is 7.27. The maximum atomic E-state index is 5.77. The standard InChI is InChI=1S/C9H16O/c1-6-5-7-8(2,3)9(6,4)10-7/h6-7H,5H2,1-4H3. The molecule has 2 saturated heterocycles. The van der Waals surface area contributed by atoms with E-state index < -0.39 is 0 Å².